The van der Waals surface area contributed by atoms with Gasteiger partial charge in [-0.3, -0.25) is 14.9 Å². The number of Topliss-reactive ketones (excluding diaryl/α,β-unsaturated/α-hetero) is 1. The van der Waals surface area contributed by atoms with Crippen LogP contribution in [0.25, 0.3) is 0 Å². The highest BCUT2D eigenvalue weighted by molar-refractivity contribution is 5.99. The van der Waals surface area contributed by atoms with E-state index in [1.165, 1.54) is 55.6 Å². The van der Waals surface area contributed by atoms with E-state index in [4.69, 9.17) is 14.2 Å². The molecule has 3 aromatic rings. The predicted molar refractivity (Wildman–Crippen MR) is 112 cm³/mol. The molecule has 0 fully saturated rings. The molecule has 0 saturated carbocycles. The molecule has 0 aliphatic rings. The Hall–Kier alpha value is -4.53. The maximum Gasteiger partial charge on any atom is 0.343 e. The number of nitro groups is 1. The van der Waals surface area contributed by atoms with Gasteiger partial charge in [0, 0.05) is 17.7 Å². The molecule has 0 unspecified atom stereocenters. The number of carbonyl (C=O) groups is 3. The summed E-state index contributed by atoms with van der Waals surface area (Å²) in [6.07, 6.45) is 0. The van der Waals surface area contributed by atoms with Gasteiger partial charge in [0.1, 0.15) is 11.5 Å². The standard InChI is InChI=1S/C23H17NO8/c1-30-20-4-2-3-17(13-20)23(27)32-19-11-7-15(8-12-19)21(25)14-31-22(26)16-5-9-18(10-6-16)24(28)29/h2-13H,14H2,1H3. The van der Waals surface area contributed by atoms with Crippen molar-refractivity contribution in [3.63, 3.8) is 0 Å². The van der Waals surface area contributed by atoms with Crippen LogP contribution in [0.4, 0.5) is 5.69 Å². The van der Waals surface area contributed by atoms with E-state index in [-0.39, 0.29) is 22.6 Å². The zero-order chi connectivity index (χ0) is 23.1. The summed E-state index contributed by atoms with van der Waals surface area (Å²) in [6, 6.07) is 17.1. The molecule has 0 aliphatic heterocycles. The van der Waals surface area contributed by atoms with Crippen molar-refractivity contribution in [2.45, 2.75) is 0 Å². The Morgan fingerprint density at radius 3 is 2.09 bits per heavy atom. The minimum absolute atomic E-state index is 0.0863. The van der Waals surface area contributed by atoms with Crippen LogP contribution in [0.2, 0.25) is 0 Å². The van der Waals surface area contributed by atoms with Crippen molar-refractivity contribution in [1.29, 1.82) is 0 Å². The lowest BCUT2D eigenvalue weighted by Crippen LogP contribution is -2.14. The van der Waals surface area contributed by atoms with Crippen LogP contribution >= 0.6 is 0 Å². The third-order valence-electron chi connectivity index (χ3n) is 4.34. The fourth-order valence-corrected chi connectivity index (χ4v) is 2.64. The van der Waals surface area contributed by atoms with Gasteiger partial charge in [0.15, 0.2) is 12.4 Å². The van der Waals surface area contributed by atoms with E-state index in [1.807, 2.05) is 0 Å². The first kappa shape index (κ1) is 22.2. The van der Waals surface area contributed by atoms with Crippen molar-refractivity contribution in [2.75, 3.05) is 13.7 Å². The number of rotatable bonds is 8. The first-order valence-electron chi connectivity index (χ1n) is 9.28. The van der Waals surface area contributed by atoms with Crippen LogP contribution in [0.1, 0.15) is 31.1 Å². The van der Waals surface area contributed by atoms with Gasteiger partial charge in [-0.25, -0.2) is 9.59 Å². The topological polar surface area (TPSA) is 122 Å². The van der Waals surface area contributed by atoms with E-state index in [9.17, 15) is 24.5 Å². The van der Waals surface area contributed by atoms with Crippen molar-refractivity contribution in [3.05, 3.63) is 99.6 Å². The SMILES string of the molecule is COc1cccc(C(=O)Oc2ccc(C(=O)COC(=O)c3ccc([N+](=O)[O-])cc3)cc2)c1. The van der Waals surface area contributed by atoms with Crippen molar-refractivity contribution >= 4 is 23.4 Å². The molecule has 0 bridgehead atoms. The van der Waals surface area contributed by atoms with Crippen molar-refractivity contribution in [3.8, 4) is 11.5 Å². The van der Waals surface area contributed by atoms with Gasteiger partial charge in [0.25, 0.3) is 5.69 Å². The Morgan fingerprint density at radius 2 is 1.47 bits per heavy atom. The Labute approximate surface area is 182 Å². The van der Waals surface area contributed by atoms with Gasteiger partial charge >= 0.3 is 11.9 Å². The number of nitrogens with zero attached hydrogens (tertiary/aromatic N) is 1. The van der Waals surface area contributed by atoms with Gasteiger partial charge in [-0.2, -0.15) is 0 Å². The predicted octanol–water partition coefficient (Wildman–Crippen LogP) is 3.86. The molecule has 3 aromatic carbocycles. The molecule has 0 heterocycles. The molecule has 0 aliphatic carbocycles. The maximum atomic E-state index is 12.3. The third-order valence-corrected chi connectivity index (χ3v) is 4.34. The van der Waals surface area contributed by atoms with Crippen molar-refractivity contribution < 1.29 is 33.5 Å². The second-order valence-corrected chi connectivity index (χ2v) is 6.45. The monoisotopic (exact) mass is 435 g/mol. The number of non-ortho nitro benzene ring substituents is 1. The van der Waals surface area contributed by atoms with Gasteiger partial charge in [-0.1, -0.05) is 6.07 Å². The third kappa shape index (κ3) is 5.54. The van der Waals surface area contributed by atoms with Gasteiger partial charge < -0.3 is 14.2 Å². The van der Waals surface area contributed by atoms with E-state index in [2.05, 4.69) is 0 Å². The number of carbonyl (C=O) groups excluding carboxylic acids is 3. The molecule has 0 N–H and O–H groups in total. The summed E-state index contributed by atoms with van der Waals surface area (Å²) in [5.74, 6) is -1.08. The van der Waals surface area contributed by atoms with Crippen LogP contribution < -0.4 is 9.47 Å². The van der Waals surface area contributed by atoms with Crippen LogP contribution in [-0.2, 0) is 4.74 Å². The molecule has 0 atom stereocenters. The van der Waals surface area contributed by atoms with Gasteiger partial charge in [0.05, 0.1) is 23.2 Å². The molecule has 0 aromatic heterocycles. The Bertz CT molecular complexity index is 1150. The molecule has 0 amide bonds. The number of ketones is 1. The minimum atomic E-state index is -0.780. The molecular formula is C23H17NO8. The quantitative estimate of drug-likeness (QED) is 0.172. The summed E-state index contributed by atoms with van der Waals surface area (Å²) in [5.41, 5.74) is 0.485. The van der Waals surface area contributed by atoms with E-state index >= 15 is 0 Å². The minimum Gasteiger partial charge on any atom is -0.497 e. The maximum absolute atomic E-state index is 12.3. The molecule has 3 rings (SSSR count). The fourth-order valence-electron chi connectivity index (χ4n) is 2.64. The van der Waals surface area contributed by atoms with E-state index in [1.54, 1.807) is 24.3 Å². The number of hydrogen-bond donors (Lipinski definition) is 0. The lowest BCUT2D eigenvalue weighted by Gasteiger charge is -2.07. The van der Waals surface area contributed by atoms with Gasteiger partial charge in [-0.15, -0.1) is 0 Å². The highest BCUT2D eigenvalue weighted by atomic mass is 16.6. The molecular weight excluding hydrogens is 418 g/mol. The molecule has 32 heavy (non-hydrogen) atoms. The Balaban J connectivity index is 1.55. The smallest absolute Gasteiger partial charge is 0.343 e. The van der Waals surface area contributed by atoms with Crippen LogP contribution in [-0.4, -0.2) is 36.4 Å². The molecule has 162 valence electrons. The first-order chi connectivity index (χ1) is 15.4. The summed E-state index contributed by atoms with van der Waals surface area (Å²) in [7, 11) is 1.49. The summed E-state index contributed by atoms with van der Waals surface area (Å²) in [4.78, 5) is 46.6. The van der Waals surface area contributed by atoms with Crippen LogP contribution in [0.15, 0.2) is 72.8 Å². The number of hydrogen-bond acceptors (Lipinski definition) is 8. The fraction of sp³-hybridized carbons (Fsp3) is 0.0870. The lowest BCUT2D eigenvalue weighted by molar-refractivity contribution is -0.384. The summed E-state index contributed by atoms with van der Waals surface area (Å²) in [6.45, 7) is -0.515. The van der Waals surface area contributed by atoms with E-state index in [0.29, 0.717) is 11.3 Å². The van der Waals surface area contributed by atoms with Crippen molar-refractivity contribution in [2.24, 2.45) is 0 Å². The van der Waals surface area contributed by atoms with E-state index in [0.717, 1.165) is 0 Å². The van der Waals surface area contributed by atoms with Crippen LogP contribution in [0, 0.1) is 10.1 Å². The number of methoxy groups -OCH3 is 1. The van der Waals surface area contributed by atoms with Crippen molar-refractivity contribution in [1.82, 2.24) is 0 Å². The van der Waals surface area contributed by atoms with Gasteiger partial charge in [0.2, 0.25) is 0 Å². The average Bonchev–Trinajstić information content (AvgIpc) is 2.82. The molecule has 0 radical (unpaired) electrons. The average molecular weight is 435 g/mol. The molecule has 0 saturated heterocycles. The molecule has 0 spiro atoms. The highest BCUT2D eigenvalue weighted by Gasteiger charge is 2.15. The number of benzene rings is 3. The highest BCUT2D eigenvalue weighted by Crippen LogP contribution is 2.18. The van der Waals surface area contributed by atoms with E-state index < -0.39 is 29.3 Å². The Kier molecular flexibility index (Phi) is 6.92. The number of esters is 2. The number of ether oxygens (including phenoxy) is 3. The zero-order valence-corrected chi connectivity index (χ0v) is 16.8. The van der Waals surface area contributed by atoms with Crippen LogP contribution in [0.3, 0.4) is 0 Å². The summed E-state index contributed by atoms with van der Waals surface area (Å²) < 4.78 is 15.3. The summed E-state index contributed by atoms with van der Waals surface area (Å²) >= 11 is 0. The normalized spacial score (nSPS) is 10.2. The zero-order valence-electron chi connectivity index (χ0n) is 16.8. The lowest BCUT2D eigenvalue weighted by atomic mass is 10.1. The van der Waals surface area contributed by atoms with Crippen LogP contribution in [0.5, 0.6) is 11.5 Å². The second-order valence-electron chi connectivity index (χ2n) is 6.45. The molecule has 9 heteroatoms. The number of nitro benzene ring substituents is 1. The molecule has 9 nitrogen and oxygen atoms in total. The Morgan fingerprint density at radius 1 is 0.812 bits per heavy atom. The first-order valence-corrected chi connectivity index (χ1v) is 9.28. The summed E-state index contributed by atoms with van der Waals surface area (Å²) in [5, 5.41) is 10.6. The largest absolute Gasteiger partial charge is 0.497 e. The second kappa shape index (κ2) is 9.98. The van der Waals surface area contributed by atoms with Gasteiger partial charge in [-0.05, 0) is 54.6 Å².